The Hall–Kier alpha value is -0.600. The summed E-state index contributed by atoms with van der Waals surface area (Å²) >= 11 is 0. The zero-order valence-electron chi connectivity index (χ0n) is 31.9. The number of ether oxygens (including phenoxy) is 6. The summed E-state index contributed by atoms with van der Waals surface area (Å²) in [6.07, 6.45) is -7.01. The predicted molar refractivity (Wildman–Crippen MR) is 186 cm³/mol. The highest BCUT2D eigenvalue weighted by molar-refractivity contribution is 5.17. The molecule has 0 bridgehead atoms. The Morgan fingerprint density at radius 2 is 1.33 bits per heavy atom. The zero-order valence-corrected chi connectivity index (χ0v) is 31.9. The van der Waals surface area contributed by atoms with Gasteiger partial charge in [-0.1, -0.05) is 20.8 Å². The lowest BCUT2D eigenvalue weighted by Gasteiger charge is -2.62. The summed E-state index contributed by atoms with van der Waals surface area (Å²) < 4.78 is 37.2. The fourth-order valence-electron chi connectivity index (χ4n) is 13.4. The van der Waals surface area contributed by atoms with Crippen LogP contribution in [0.3, 0.4) is 0 Å². The second-order valence-electron chi connectivity index (χ2n) is 19.1. The third kappa shape index (κ3) is 6.09. The van der Waals surface area contributed by atoms with E-state index >= 15 is 0 Å². The molecule has 23 atom stereocenters. The number of hydrogen-bond acceptors (Lipinski definition) is 15. The van der Waals surface area contributed by atoms with Crippen LogP contribution in [0.4, 0.5) is 0 Å². The molecule has 310 valence electrons. The average molecular weight is 773 g/mol. The first kappa shape index (κ1) is 40.2. The normalized spacial score (nSPS) is 59.8. The van der Waals surface area contributed by atoms with Crippen LogP contribution in [-0.4, -0.2) is 157 Å². The molecule has 4 saturated heterocycles. The third-order valence-corrected chi connectivity index (χ3v) is 16.4. The summed E-state index contributed by atoms with van der Waals surface area (Å²) in [5, 5.41) is 93.1. The van der Waals surface area contributed by atoms with Crippen molar-refractivity contribution in [2.24, 2.45) is 46.3 Å². The minimum Gasteiger partial charge on any atom is -0.394 e. The summed E-state index contributed by atoms with van der Waals surface area (Å²) in [7, 11) is 0. The molecule has 15 nitrogen and oxygen atoms in total. The van der Waals surface area contributed by atoms with Gasteiger partial charge < -0.3 is 74.4 Å². The van der Waals surface area contributed by atoms with Crippen molar-refractivity contribution in [2.75, 3.05) is 19.8 Å². The van der Waals surface area contributed by atoms with Crippen LogP contribution in [0.25, 0.3) is 0 Å². The van der Waals surface area contributed by atoms with Crippen molar-refractivity contribution in [3.63, 3.8) is 0 Å². The lowest BCUT2D eigenvalue weighted by molar-refractivity contribution is -0.320. The maximum Gasteiger partial charge on any atom is 0.186 e. The molecule has 4 aliphatic carbocycles. The van der Waals surface area contributed by atoms with Gasteiger partial charge in [-0.15, -0.1) is 0 Å². The molecule has 9 N–H and O–H groups in total. The molecule has 0 amide bonds. The molecule has 0 aromatic heterocycles. The fraction of sp³-hybridized carbons (Fsp3) is 1.00. The quantitative estimate of drug-likeness (QED) is 0.149. The van der Waals surface area contributed by atoms with Gasteiger partial charge in [-0.2, -0.15) is 0 Å². The van der Waals surface area contributed by atoms with Crippen LogP contribution in [0.2, 0.25) is 0 Å². The maximum absolute atomic E-state index is 11.9. The molecule has 8 aliphatic rings. The first-order valence-corrected chi connectivity index (χ1v) is 20.4. The molecule has 15 heteroatoms. The Bertz CT molecular complexity index is 1350. The van der Waals surface area contributed by atoms with Gasteiger partial charge in [0, 0.05) is 18.8 Å². The van der Waals surface area contributed by atoms with E-state index in [1.165, 1.54) is 0 Å². The minimum absolute atomic E-state index is 0.0422. The van der Waals surface area contributed by atoms with Gasteiger partial charge in [0.25, 0.3) is 0 Å². The van der Waals surface area contributed by atoms with Crippen LogP contribution in [0, 0.1) is 46.3 Å². The highest BCUT2D eigenvalue weighted by Gasteiger charge is 2.71. The van der Waals surface area contributed by atoms with Crippen LogP contribution in [0.5, 0.6) is 0 Å². The molecule has 4 aliphatic heterocycles. The Kier molecular flexibility index (Phi) is 10.6. The number of rotatable bonds is 7. The molecule has 8 fully saturated rings. The Balaban J connectivity index is 0.910. The summed E-state index contributed by atoms with van der Waals surface area (Å²) in [6.45, 7) is 7.95. The highest BCUT2D eigenvalue weighted by atomic mass is 16.7. The number of hydrogen-bond donors (Lipinski definition) is 9. The second-order valence-corrected chi connectivity index (χ2v) is 19.1. The lowest BCUT2D eigenvalue weighted by Crippen LogP contribution is -2.62. The van der Waals surface area contributed by atoms with Gasteiger partial charge in [-0.25, -0.2) is 0 Å². The van der Waals surface area contributed by atoms with Crippen molar-refractivity contribution in [3.05, 3.63) is 0 Å². The van der Waals surface area contributed by atoms with Crippen LogP contribution in [0.15, 0.2) is 0 Å². The second kappa shape index (κ2) is 14.3. The molecule has 4 heterocycles. The Morgan fingerprint density at radius 1 is 0.685 bits per heavy atom. The Morgan fingerprint density at radius 3 is 2.00 bits per heavy atom. The monoisotopic (exact) mass is 772 g/mol. The highest BCUT2D eigenvalue weighted by Crippen LogP contribution is 2.72. The van der Waals surface area contributed by atoms with Gasteiger partial charge >= 0.3 is 0 Å². The first-order valence-electron chi connectivity index (χ1n) is 20.4. The van der Waals surface area contributed by atoms with Gasteiger partial charge in [0.15, 0.2) is 18.4 Å². The van der Waals surface area contributed by atoms with Crippen molar-refractivity contribution < 1.29 is 74.4 Å². The van der Waals surface area contributed by atoms with E-state index in [1.54, 1.807) is 0 Å². The molecular weight excluding hydrogens is 708 g/mol. The first-order chi connectivity index (χ1) is 25.5. The van der Waals surface area contributed by atoms with Crippen molar-refractivity contribution in [1.82, 2.24) is 0 Å². The molecule has 0 aromatic rings. The van der Waals surface area contributed by atoms with Crippen molar-refractivity contribution in [3.8, 4) is 0 Å². The molecular formula is C39H64O15. The van der Waals surface area contributed by atoms with Crippen LogP contribution in [-0.2, 0) is 28.4 Å². The third-order valence-electron chi connectivity index (χ3n) is 16.4. The van der Waals surface area contributed by atoms with Crippen LogP contribution < -0.4 is 0 Å². The summed E-state index contributed by atoms with van der Waals surface area (Å²) in [6, 6.07) is 0. The van der Waals surface area contributed by atoms with Crippen molar-refractivity contribution in [2.45, 2.75) is 177 Å². The van der Waals surface area contributed by atoms with E-state index in [2.05, 4.69) is 20.8 Å². The number of aliphatic hydroxyl groups excluding tert-OH is 9. The summed E-state index contributed by atoms with van der Waals surface area (Å²) in [5.41, 5.74) is -0.998. The summed E-state index contributed by atoms with van der Waals surface area (Å²) in [4.78, 5) is 0. The van der Waals surface area contributed by atoms with Gasteiger partial charge in [0.05, 0.1) is 43.7 Å². The molecule has 0 aromatic carbocycles. The number of aliphatic hydroxyl groups is 9. The van der Waals surface area contributed by atoms with Gasteiger partial charge in [0.2, 0.25) is 0 Å². The van der Waals surface area contributed by atoms with E-state index in [1.807, 2.05) is 6.92 Å². The number of fused-ring (bicyclic) bond motifs is 7. The molecule has 4 saturated carbocycles. The van der Waals surface area contributed by atoms with Gasteiger partial charge in [-0.3, -0.25) is 0 Å². The predicted octanol–water partition coefficient (Wildman–Crippen LogP) is -0.472. The lowest BCUT2D eigenvalue weighted by atomic mass is 9.43. The van der Waals surface area contributed by atoms with E-state index in [0.717, 1.165) is 32.1 Å². The Labute approximate surface area is 316 Å². The largest absolute Gasteiger partial charge is 0.394 e. The smallest absolute Gasteiger partial charge is 0.186 e. The van der Waals surface area contributed by atoms with Gasteiger partial charge in [-0.05, 0) is 92.3 Å². The van der Waals surface area contributed by atoms with Gasteiger partial charge in [0.1, 0.15) is 48.8 Å². The van der Waals surface area contributed by atoms with E-state index in [-0.39, 0.29) is 35.4 Å². The zero-order chi connectivity index (χ0) is 38.7. The SMILES string of the molecule is C[C@H]1[C@H]2[C@H](C[C@H]3[C@@H]4CC[C@@H]5C[C@@H](O[C@@H]6O[C@H](CO)[C@@H](O)[C@H](O)[C@H]6O)C[C@@H](O)[C@]5(C)[C@H]4CC[C@]23C)O[C@]12CC[C@@](C)(CO[C@@H]1O[C@H](CO)[C@@H](O)[C@H](O)[C@H]1O)O2. The van der Waals surface area contributed by atoms with Crippen LogP contribution >= 0.6 is 0 Å². The fourth-order valence-corrected chi connectivity index (χ4v) is 13.4. The topological polar surface area (TPSA) is 237 Å². The molecule has 8 rings (SSSR count). The molecule has 0 unspecified atom stereocenters. The van der Waals surface area contributed by atoms with E-state index < -0.39 is 98.2 Å². The standard InChI is InChI=1S/C39H64O15/c1-17-27-23(53-39(17)10-9-36(2,54-39)16-49-34-32(47)30(45)28(43)24(14-40)51-34)13-22-20-6-5-18-11-19(50-35-33(48)31(46)29(44)25(15-41)52-35)12-26(42)38(18,4)21(20)7-8-37(22,27)3/h17-35,40-48H,5-16H2,1-4H3/t17-,18+,19+,20+,21-,22-,23-,24+,25+,26+,27-,28+,29+,30-,31-,32+,33+,34+,35+,36-,37-,38-,39-/m0/s1. The maximum atomic E-state index is 11.9. The summed E-state index contributed by atoms with van der Waals surface area (Å²) in [5.74, 6) is 1.09. The minimum atomic E-state index is -1.51. The molecule has 54 heavy (non-hydrogen) atoms. The average Bonchev–Trinajstić information content (AvgIpc) is 3.74. The molecule has 0 radical (unpaired) electrons. The van der Waals surface area contributed by atoms with E-state index in [0.29, 0.717) is 49.4 Å². The van der Waals surface area contributed by atoms with Crippen molar-refractivity contribution >= 4 is 0 Å². The van der Waals surface area contributed by atoms with Crippen LogP contribution in [0.1, 0.15) is 85.5 Å². The molecule has 1 spiro atoms. The van der Waals surface area contributed by atoms with E-state index in [4.69, 9.17) is 28.4 Å². The van der Waals surface area contributed by atoms with Crippen molar-refractivity contribution in [1.29, 1.82) is 0 Å². The van der Waals surface area contributed by atoms with E-state index in [9.17, 15) is 46.0 Å².